The number of thiophene rings is 1. The summed E-state index contributed by atoms with van der Waals surface area (Å²) >= 11 is 1.17. The van der Waals surface area contributed by atoms with Gasteiger partial charge in [-0.1, -0.05) is 12.1 Å². The van der Waals surface area contributed by atoms with E-state index in [1.165, 1.54) is 17.6 Å². The standard InChI is InChI=1S/C20H23N5O3S2/c1-30(27,28)13-4-2-11(3-5-13)14-10-15(25-8-6-12(21)7-9-25)24-20-16(14)17(22)18(29-20)19(23)26/h2-5,10,12H,6-9,21-22H2,1H3,(H2,23,26). The minimum absolute atomic E-state index is 0.187. The lowest BCUT2D eigenvalue weighted by atomic mass is 10.0. The third-order valence-electron chi connectivity index (χ3n) is 5.37. The maximum atomic E-state index is 11.9. The van der Waals surface area contributed by atoms with Crippen molar-refractivity contribution in [2.75, 3.05) is 30.0 Å². The predicted octanol–water partition coefficient (Wildman–Crippen LogP) is 1.98. The quantitative estimate of drug-likeness (QED) is 0.556. The molecule has 1 amide bonds. The summed E-state index contributed by atoms with van der Waals surface area (Å²) in [5.41, 5.74) is 19.7. The molecule has 1 aliphatic heterocycles. The van der Waals surface area contributed by atoms with Crippen molar-refractivity contribution in [3.05, 3.63) is 35.2 Å². The molecule has 30 heavy (non-hydrogen) atoms. The molecule has 0 aliphatic carbocycles. The highest BCUT2D eigenvalue weighted by Gasteiger charge is 2.23. The normalized spacial score (nSPS) is 15.6. The Bertz CT molecular complexity index is 1230. The van der Waals surface area contributed by atoms with Crippen LogP contribution in [0.4, 0.5) is 11.5 Å². The molecule has 0 bridgehead atoms. The first kappa shape index (κ1) is 20.6. The Morgan fingerprint density at radius 2 is 1.83 bits per heavy atom. The molecule has 1 saturated heterocycles. The molecule has 2 aromatic heterocycles. The summed E-state index contributed by atoms with van der Waals surface area (Å²) in [4.78, 5) is 19.9. The number of pyridine rings is 1. The molecular weight excluding hydrogens is 422 g/mol. The number of amides is 1. The van der Waals surface area contributed by atoms with Gasteiger partial charge < -0.3 is 22.1 Å². The highest BCUT2D eigenvalue weighted by atomic mass is 32.2. The van der Waals surface area contributed by atoms with Gasteiger partial charge in [0.2, 0.25) is 0 Å². The summed E-state index contributed by atoms with van der Waals surface area (Å²) in [7, 11) is -3.31. The van der Waals surface area contributed by atoms with Gasteiger partial charge in [-0.25, -0.2) is 13.4 Å². The topological polar surface area (TPSA) is 145 Å². The average molecular weight is 446 g/mol. The number of nitrogens with zero attached hydrogens (tertiary/aromatic N) is 2. The minimum Gasteiger partial charge on any atom is -0.397 e. The van der Waals surface area contributed by atoms with Crippen molar-refractivity contribution in [3.8, 4) is 11.1 Å². The molecule has 3 heterocycles. The number of primary amides is 1. The number of hydrogen-bond donors (Lipinski definition) is 3. The molecular formula is C20H23N5O3S2. The number of nitrogen functional groups attached to an aromatic ring is 1. The lowest BCUT2D eigenvalue weighted by molar-refractivity contribution is 0.100. The first-order chi connectivity index (χ1) is 14.1. The van der Waals surface area contributed by atoms with Gasteiger partial charge >= 0.3 is 0 Å². The fraction of sp³-hybridized carbons (Fsp3) is 0.300. The molecule has 0 saturated carbocycles. The van der Waals surface area contributed by atoms with Crippen LogP contribution >= 0.6 is 11.3 Å². The van der Waals surface area contributed by atoms with E-state index in [-0.39, 0.29) is 15.8 Å². The first-order valence-electron chi connectivity index (χ1n) is 9.49. The Hall–Kier alpha value is -2.69. The molecule has 6 N–H and O–H groups in total. The van der Waals surface area contributed by atoms with Crippen molar-refractivity contribution < 1.29 is 13.2 Å². The second kappa shape index (κ2) is 7.53. The number of sulfone groups is 1. The highest BCUT2D eigenvalue weighted by molar-refractivity contribution is 7.90. The molecule has 158 valence electrons. The van der Waals surface area contributed by atoms with Gasteiger partial charge in [-0.15, -0.1) is 11.3 Å². The zero-order valence-corrected chi connectivity index (χ0v) is 18.1. The maximum Gasteiger partial charge on any atom is 0.260 e. The van der Waals surface area contributed by atoms with Crippen LogP contribution in [0.25, 0.3) is 21.3 Å². The van der Waals surface area contributed by atoms with E-state index in [2.05, 4.69) is 4.90 Å². The van der Waals surface area contributed by atoms with E-state index in [1.807, 2.05) is 6.07 Å². The number of anilines is 2. The molecule has 0 atom stereocenters. The van der Waals surface area contributed by atoms with Crippen molar-refractivity contribution in [1.29, 1.82) is 0 Å². The fourth-order valence-corrected chi connectivity index (χ4v) is 5.29. The van der Waals surface area contributed by atoms with Gasteiger partial charge in [0.1, 0.15) is 15.5 Å². The Kier molecular flexibility index (Phi) is 5.16. The number of rotatable bonds is 4. The number of benzene rings is 1. The van der Waals surface area contributed by atoms with Crippen molar-refractivity contribution in [2.24, 2.45) is 11.5 Å². The molecule has 1 aromatic carbocycles. The Morgan fingerprint density at radius 3 is 2.40 bits per heavy atom. The molecule has 0 spiro atoms. The summed E-state index contributed by atoms with van der Waals surface area (Å²) in [5.74, 6) is 0.174. The first-order valence-corrected chi connectivity index (χ1v) is 12.2. The molecule has 1 fully saturated rings. The fourth-order valence-electron chi connectivity index (χ4n) is 3.69. The molecule has 10 heteroatoms. The molecule has 1 aliphatic rings. The van der Waals surface area contributed by atoms with Gasteiger partial charge in [0.15, 0.2) is 9.84 Å². The number of carbonyl (C=O) groups is 1. The third-order valence-corrected chi connectivity index (χ3v) is 7.61. The Balaban J connectivity index is 1.90. The van der Waals surface area contributed by atoms with Gasteiger partial charge in [-0.3, -0.25) is 4.79 Å². The van der Waals surface area contributed by atoms with Crippen LogP contribution in [0.15, 0.2) is 35.2 Å². The highest BCUT2D eigenvalue weighted by Crippen LogP contribution is 2.41. The van der Waals surface area contributed by atoms with E-state index < -0.39 is 15.7 Å². The summed E-state index contributed by atoms with van der Waals surface area (Å²) in [6.07, 6.45) is 2.91. The number of hydrogen-bond acceptors (Lipinski definition) is 8. The second-order valence-electron chi connectivity index (χ2n) is 7.54. The maximum absolute atomic E-state index is 11.9. The predicted molar refractivity (Wildman–Crippen MR) is 121 cm³/mol. The van der Waals surface area contributed by atoms with Crippen molar-refractivity contribution in [2.45, 2.75) is 23.8 Å². The number of piperidine rings is 1. The van der Waals surface area contributed by atoms with E-state index >= 15 is 0 Å². The number of fused-ring (bicyclic) bond motifs is 1. The van der Waals surface area contributed by atoms with Crippen molar-refractivity contribution in [1.82, 2.24) is 4.98 Å². The van der Waals surface area contributed by atoms with Crippen LogP contribution in [0.5, 0.6) is 0 Å². The van der Waals surface area contributed by atoms with E-state index in [9.17, 15) is 13.2 Å². The van der Waals surface area contributed by atoms with Crippen LogP contribution in [-0.2, 0) is 9.84 Å². The summed E-state index contributed by atoms with van der Waals surface area (Å²) < 4.78 is 23.6. The zero-order chi connectivity index (χ0) is 21.6. The van der Waals surface area contributed by atoms with Crippen molar-refractivity contribution in [3.63, 3.8) is 0 Å². The van der Waals surface area contributed by atoms with Crippen LogP contribution < -0.4 is 22.1 Å². The number of nitrogens with two attached hydrogens (primary N) is 3. The van der Waals surface area contributed by atoms with Gasteiger partial charge in [-0.05, 0) is 42.2 Å². The Labute approximate surface area is 178 Å². The number of carbonyl (C=O) groups excluding carboxylic acids is 1. The molecule has 3 aromatic rings. The SMILES string of the molecule is CS(=O)(=O)c1ccc(-c2cc(N3CCC(N)CC3)nc3sc(C(N)=O)c(N)c23)cc1. The van der Waals surface area contributed by atoms with Gasteiger partial charge in [0.25, 0.3) is 5.91 Å². The largest absolute Gasteiger partial charge is 0.397 e. The van der Waals surface area contributed by atoms with Crippen molar-refractivity contribution >= 4 is 48.8 Å². The van der Waals surface area contributed by atoms with Gasteiger partial charge in [0, 0.05) is 30.8 Å². The van der Waals surface area contributed by atoms with E-state index in [0.717, 1.165) is 42.9 Å². The van der Waals surface area contributed by atoms with E-state index in [0.29, 0.717) is 15.9 Å². The zero-order valence-electron chi connectivity index (χ0n) is 16.5. The summed E-state index contributed by atoms with van der Waals surface area (Å²) in [6.45, 7) is 1.57. The third kappa shape index (κ3) is 3.73. The van der Waals surface area contributed by atoms with Gasteiger partial charge in [-0.2, -0.15) is 0 Å². The smallest absolute Gasteiger partial charge is 0.260 e. The lowest BCUT2D eigenvalue weighted by Gasteiger charge is -2.31. The average Bonchev–Trinajstić information content (AvgIpc) is 3.04. The van der Waals surface area contributed by atoms with Gasteiger partial charge in [0.05, 0.1) is 10.6 Å². The minimum atomic E-state index is -3.31. The second-order valence-corrected chi connectivity index (χ2v) is 10.6. The summed E-state index contributed by atoms with van der Waals surface area (Å²) in [5, 5.41) is 0.651. The van der Waals surface area contributed by atoms with Crippen LogP contribution in [0.1, 0.15) is 22.5 Å². The van der Waals surface area contributed by atoms with Crippen LogP contribution in [0.2, 0.25) is 0 Å². The van der Waals surface area contributed by atoms with E-state index in [4.69, 9.17) is 22.2 Å². The molecule has 0 radical (unpaired) electrons. The van der Waals surface area contributed by atoms with E-state index in [1.54, 1.807) is 24.3 Å². The Morgan fingerprint density at radius 1 is 1.20 bits per heavy atom. The molecule has 4 rings (SSSR count). The van der Waals surface area contributed by atoms with Crippen LogP contribution in [0, 0.1) is 0 Å². The van der Waals surface area contributed by atoms with Crippen LogP contribution in [0.3, 0.4) is 0 Å². The monoisotopic (exact) mass is 445 g/mol. The molecule has 8 nitrogen and oxygen atoms in total. The number of aromatic nitrogens is 1. The molecule has 0 unspecified atom stereocenters. The summed E-state index contributed by atoms with van der Waals surface area (Å²) in [6, 6.07) is 8.72. The lowest BCUT2D eigenvalue weighted by Crippen LogP contribution is -2.40. The van der Waals surface area contributed by atoms with Crippen LogP contribution in [-0.4, -0.2) is 44.7 Å².